The van der Waals surface area contributed by atoms with E-state index in [9.17, 15) is 9.59 Å². The summed E-state index contributed by atoms with van der Waals surface area (Å²) in [5.74, 6) is 0.650. The Labute approximate surface area is 124 Å². The fraction of sp³-hybridized carbons (Fsp3) is 0.500. The van der Waals surface area contributed by atoms with E-state index < -0.39 is 11.6 Å². The molecular formula is C16H20N2O3. The van der Waals surface area contributed by atoms with Crippen LogP contribution in [0.4, 0.5) is 0 Å². The van der Waals surface area contributed by atoms with Gasteiger partial charge in [0.05, 0.1) is 6.04 Å². The Morgan fingerprint density at radius 3 is 2.81 bits per heavy atom. The molecule has 1 fully saturated rings. The number of ether oxygens (including phenoxy) is 1. The van der Waals surface area contributed by atoms with Crippen molar-refractivity contribution in [2.24, 2.45) is 0 Å². The number of nitrogens with zero attached hydrogens (tertiary/aromatic N) is 1. The van der Waals surface area contributed by atoms with Crippen LogP contribution in [0.2, 0.25) is 0 Å². The van der Waals surface area contributed by atoms with Crippen molar-refractivity contribution in [3.05, 3.63) is 29.8 Å². The van der Waals surface area contributed by atoms with Crippen molar-refractivity contribution in [3.8, 4) is 5.75 Å². The van der Waals surface area contributed by atoms with Gasteiger partial charge >= 0.3 is 0 Å². The molecular weight excluding hydrogens is 268 g/mol. The third kappa shape index (κ3) is 1.99. The first-order chi connectivity index (χ1) is 9.98. The van der Waals surface area contributed by atoms with Crippen molar-refractivity contribution >= 4 is 11.8 Å². The van der Waals surface area contributed by atoms with Crippen LogP contribution in [0, 0.1) is 0 Å². The molecule has 2 amide bonds. The lowest BCUT2D eigenvalue weighted by atomic mass is 9.90. The minimum atomic E-state index is -0.832. The van der Waals surface area contributed by atoms with Gasteiger partial charge in [0.25, 0.3) is 0 Å². The van der Waals surface area contributed by atoms with Crippen LogP contribution in [0.15, 0.2) is 24.3 Å². The van der Waals surface area contributed by atoms with Crippen LogP contribution >= 0.6 is 0 Å². The highest BCUT2D eigenvalue weighted by atomic mass is 16.5. The topological polar surface area (TPSA) is 58.6 Å². The molecule has 0 aliphatic carbocycles. The molecule has 0 saturated carbocycles. The first-order valence-corrected chi connectivity index (χ1v) is 7.34. The Hall–Kier alpha value is -2.04. The van der Waals surface area contributed by atoms with Gasteiger partial charge in [-0.15, -0.1) is 0 Å². The van der Waals surface area contributed by atoms with Crippen LogP contribution in [-0.2, 0) is 9.59 Å². The Kier molecular flexibility index (Phi) is 3.15. The van der Waals surface area contributed by atoms with Gasteiger partial charge in [-0.2, -0.15) is 0 Å². The number of hydrogen-bond acceptors (Lipinski definition) is 3. The monoisotopic (exact) mass is 288 g/mol. The van der Waals surface area contributed by atoms with Gasteiger partial charge < -0.3 is 15.0 Å². The predicted molar refractivity (Wildman–Crippen MR) is 77.8 cm³/mol. The van der Waals surface area contributed by atoms with Gasteiger partial charge in [0.15, 0.2) is 0 Å². The van der Waals surface area contributed by atoms with Gasteiger partial charge in [-0.3, -0.25) is 9.59 Å². The van der Waals surface area contributed by atoms with E-state index in [0.29, 0.717) is 13.0 Å². The van der Waals surface area contributed by atoms with Crippen LogP contribution in [0.3, 0.4) is 0 Å². The van der Waals surface area contributed by atoms with Gasteiger partial charge in [-0.1, -0.05) is 25.1 Å². The molecule has 3 unspecified atom stereocenters. The van der Waals surface area contributed by atoms with Gasteiger partial charge in [0.1, 0.15) is 23.9 Å². The smallest absolute Gasteiger partial charge is 0.249 e. The van der Waals surface area contributed by atoms with Crippen molar-refractivity contribution in [2.45, 2.75) is 44.8 Å². The second-order valence-electron chi connectivity index (χ2n) is 5.93. The second-order valence-corrected chi connectivity index (χ2v) is 5.93. The molecule has 5 nitrogen and oxygen atoms in total. The highest BCUT2D eigenvalue weighted by Crippen LogP contribution is 2.39. The van der Waals surface area contributed by atoms with Crippen LogP contribution in [0.5, 0.6) is 5.75 Å². The SMILES string of the molecule is CCC1(C)NC(=O)C(C)N(C2COc3ccccc32)C1=O. The standard InChI is InChI=1S/C16H20N2O3/c1-4-16(3)15(20)18(10(2)14(19)17-16)12-9-21-13-8-6-5-7-11(12)13/h5-8,10,12H,4,9H2,1-3H3,(H,17,19). The average Bonchev–Trinajstić information content (AvgIpc) is 2.90. The molecule has 21 heavy (non-hydrogen) atoms. The molecule has 1 N–H and O–H groups in total. The fourth-order valence-electron chi connectivity index (χ4n) is 3.04. The zero-order valence-electron chi connectivity index (χ0n) is 12.6. The Morgan fingerprint density at radius 2 is 2.10 bits per heavy atom. The maximum absolute atomic E-state index is 12.9. The second kappa shape index (κ2) is 4.76. The Bertz CT molecular complexity index is 601. The molecule has 3 rings (SSSR count). The number of amides is 2. The quantitative estimate of drug-likeness (QED) is 0.900. The molecule has 3 atom stereocenters. The molecule has 2 aliphatic heterocycles. The molecule has 0 bridgehead atoms. The van der Waals surface area contributed by atoms with Gasteiger partial charge in [-0.05, 0) is 26.3 Å². The maximum atomic E-state index is 12.9. The number of rotatable bonds is 2. The van der Waals surface area contributed by atoms with Gasteiger partial charge in [0, 0.05) is 5.56 Å². The lowest BCUT2D eigenvalue weighted by molar-refractivity contribution is -0.157. The molecule has 2 heterocycles. The van der Waals surface area contributed by atoms with Crippen molar-refractivity contribution in [1.29, 1.82) is 0 Å². The largest absolute Gasteiger partial charge is 0.491 e. The number of para-hydroxylation sites is 1. The number of carbonyl (C=O) groups is 2. The minimum absolute atomic E-state index is 0.0394. The molecule has 2 aliphatic rings. The zero-order chi connectivity index (χ0) is 15.2. The van der Waals surface area contributed by atoms with E-state index >= 15 is 0 Å². The van der Waals surface area contributed by atoms with Crippen molar-refractivity contribution in [3.63, 3.8) is 0 Å². The maximum Gasteiger partial charge on any atom is 0.249 e. The van der Waals surface area contributed by atoms with E-state index in [1.54, 1.807) is 18.7 Å². The van der Waals surface area contributed by atoms with E-state index in [-0.39, 0.29) is 17.9 Å². The summed E-state index contributed by atoms with van der Waals surface area (Å²) in [6.45, 7) is 5.87. The summed E-state index contributed by atoms with van der Waals surface area (Å²) < 4.78 is 5.67. The number of nitrogens with one attached hydrogen (secondary N) is 1. The number of fused-ring (bicyclic) bond motifs is 1. The molecule has 0 radical (unpaired) electrons. The summed E-state index contributed by atoms with van der Waals surface area (Å²) >= 11 is 0. The number of hydrogen-bond donors (Lipinski definition) is 1. The molecule has 112 valence electrons. The predicted octanol–water partition coefficient (Wildman–Crippen LogP) is 1.64. The highest BCUT2D eigenvalue weighted by Gasteiger charge is 2.49. The van der Waals surface area contributed by atoms with Crippen molar-refractivity contribution in [2.75, 3.05) is 6.61 Å². The lowest BCUT2D eigenvalue weighted by Crippen LogP contribution is -2.68. The van der Waals surface area contributed by atoms with Gasteiger partial charge in [0.2, 0.25) is 11.8 Å². The number of benzene rings is 1. The minimum Gasteiger partial charge on any atom is -0.491 e. The molecule has 1 aromatic carbocycles. The first kappa shape index (κ1) is 13.9. The summed E-state index contributed by atoms with van der Waals surface area (Å²) in [6, 6.07) is 7.01. The van der Waals surface area contributed by atoms with E-state index in [1.807, 2.05) is 31.2 Å². The van der Waals surface area contributed by atoms with Crippen molar-refractivity contribution in [1.82, 2.24) is 10.2 Å². The number of carbonyl (C=O) groups excluding carboxylic acids is 2. The Balaban J connectivity index is 2.00. The van der Waals surface area contributed by atoms with E-state index in [2.05, 4.69) is 5.32 Å². The lowest BCUT2D eigenvalue weighted by Gasteiger charge is -2.45. The fourth-order valence-corrected chi connectivity index (χ4v) is 3.04. The summed E-state index contributed by atoms with van der Waals surface area (Å²) in [5, 5.41) is 2.85. The van der Waals surface area contributed by atoms with E-state index in [0.717, 1.165) is 11.3 Å². The summed E-state index contributed by atoms with van der Waals surface area (Å²) in [4.78, 5) is 26.8. The average molecular weight is 288 g/mol. The zero-order valence-corrected chi connectivity index (χ0v) is 12.6. The van der Waals surface area contributed by atoms with Crippen LogP contribution < -0.4 is 10.1 Å². The Morgan fingerprint density at radius 1 is 1.38 bits per heavy atom. The van der Waals surface area contributed by atoms with E-state index in [1.165, 1.54) is 0 Å². The van der Waals surface area contributed by atoms with Crippen LogP contribution in [-0.4, -0.2) is 34.9 Å². The molecule has 1 saturated heterocycles. The number of piperazine rings is 1. The third-order valence-electron chi connectivity index (χ3n) is 4.62. The highest BCUT2D eigenvalue weighted by molar-refractivity contribution is 5.99. The summed E-state index contributed by atoms with van der Waals surface area (Å²) in [7, 11) is 0. The third-order valence-corrected chi connectivity index (χ3v) is 4.62. The molecule has 0 spiro atoms. The van der Waals surface area contributed by atoms with Gasteiger partial charge in [-0.25, -0.2) is 0 Å². The summed E-state index contributed by atoms with van der Waals surface area (Å²) in [6.07, 6.45) is 0.565. The van der Waals surface area contributed by atoms with Crippen molar-refractivity contribution < 1.29 is 14.3 Å². The molecule has 0 aromatic heterocycles. The van der Waals surface area contributed by atoms with E-state index in [4.69, 9.17) is 4.74 Å². The first-order valence-electron chi connectivity index (χ1n) is 7.34. The van der Waals surface area contributed by atoms with Crippen LogP contribution in [0.25, 0.3) is 0 Å². The normalized spacial score (nSPS) is 31.7. The molecule has 1 aromatic rings. The van der Waals surface area contributed by atoms with Crippen LogP contribution in [0.1, 0.15) is 38.8 Å². The summed E-state index contributed by atoms with van der Waals surface area (Å²) in [5.41, 5.74) is 0.145. The molecule has 5 heteroatoms.